The number of rotatable bonds is 0. The number of terminal acetylenes is 2. The molecule has 10 heavy (non-hydrogen) atoms. The first-order valence-electron chi connectivity index (χ1n) is 2.35. The van der Waals surface area contributed by atoms with Crippen molar-refractivity contribution in [2.75, 3.05) is 0 Å². The van der Waals surface area contributed by atoms with Gasteiger partial charge in [-0.05, 0) is 11.8 Å². The summed E-state index contributed by atoms with van der Waals surface area (Å²) in [5.41, 5.74) is 0. The minimum absolute atomic E-state index is 0.0347. The van der Waals surface area contributed by atoms with E-state index in [0.717, 1.165) is 0 Å². The van der Waals surface area contributed by atoms with Crippen LogP contribution in [0.5, 0.6) is 0 Å². The molecule has 0 unspecified atom stereocenters. The Kier molecular flexibility index (Phi) is 1.35. The van der Waals surface area contributed by atoms with Crippen molar-refractivity contribution in [3.05, 3.63) is 22.1 Å². The lowest BCUT2D eigenvalue weighted by molar-refractivity contribution is 0.380. The van der Waals surface area contributed by atoms with Gasteiger partial charge < -0.3 is 8.83 Å². The molecule has 0 saturated carbocycles. The summed E-state index contributed by atoms with van der Waals surface area (Å²) in [6.07, 6.45) is 9.80. The van der Waals surface area contributed by atoms with E-state index in [9.17, 15) is 4.79 Å². The van der Waals surface area contributed by atoms with Crippen LogP contribution >= 0.6 is 0 Å². The largest absolute Gasteiger partial charge is 0.521 e. The molecule has 0 saturated heterocycles. The van der Waals surface area contributed by atoms with Crippen LogP contribution in [0.4, 0.5) is 0 Å². The van der Waals surface area contributed by atoms with Crippen molar-refractivity contribution in [1.29, 1.82) is 0 Å². The molecule has 0 fully saturated rings. The Morgan fingerprint density at radius 1 is 1.10 bits per heavy atom. The van der Waals surface area contributed by atoms with Crippen LogP contribution in [-0.2, 0) is 0 Å². The molecule has 1 rings (SSSR count). The third-order valence-electron chi connectivity index (χ3n) is 0.839. The predicted octanol–water partition coefficient (Wildman–Crippen LogP) is 0.195. The van der Waals surface area contributed by atoms with Gasteiger partial charge in [-0.25, -0.2) is 4.79 Å². The highest BCUT2D eigenvalue weighted by molar-refractivity contribution is 5.34. The smallest absolute Gasteiger partial charge is 0.381 e. The maximum Gasteiger partial charge on any atom is 0.521 e. The first kappa shape index (κ1) is 6.25. The van der Waals surface area contributed by atoms with E-state index in [2.05, 4.69) is 20.7 Å². The molecular formula is C7H2O3. The molecule has 0 spiro atoms. The average Bonchev–Trinajstić information content (AvgIpc) is 2.30. The van der Waals surface area contributed by atoms with Gasteiger partial charge in [-0.1, -0.05) is 0 Å². The Bertz CT molecular complexity index is 332. The van der Waals surface area contributed by atoms with Crippen LogP contribution in [0.1, 0.15) is 11.5 Å². The van der Waals surface area contributed by atoms with Gasteiger partial charge in [-0.2, -0.15) is 0 Å². The van der Waals surface area contributed by atoms with Crippen LogP contribution in [0.15, 0.2) is 13.6 Å². The summed E-state index contributed by atoms with van der Waals surface area (Å²) >= 11 is 0. The van der Waals surface area contributed by atoms with Crippen LogP contribution in [0.25, 0.3) is 0 Å². The van der Waals surface area contributed by atoms with Crippen molar-refractivity contribution in [3.63, 3.8) is 0 Å². The van der Waals surface area contributed by atoms with E-state index in [1.807, 2.05) is 0 Å². The highest BCUT2D eigenvalue weighted by atomic mass is 16.6. The highest BCUT2D eigenvalue weighted by Gasteiger charge is 2.05. The summed E-state index contributed by atoms with van der Waals surface area (Å²) in [5, 5.41) is 0. The molecule has 3 heteroatoms. The van der Waals surface area contributed by atoms with Crippen molar-refractivity contribution in [2.24, 2.45) is 0 Å². The maximum atomic E-state index is 10.3. The normalized spacial score (nSPS) is 8.20. The second-order valence-electron chi connectivity index (χ2n) is 1.40. The first-order valence-corrected chi connectivity index (χ1v) is 2.35. The SMILES string of the molecule is C#Cc1oc(=O)oc1C#C. The van der Waals surface area contributed by atoms with E-state index in [1.165, 1.54) is 0 Å². The summed E-state index contributed by atoms with van der Waals surface area (Å²) in [7, 11) is 0. The lowest BCUT2D eigenvalue weighted by Crippen LogP contribution is -1.85. The first-order chi connectivity index (χ1) is 4.77. The van der Waals surface area contributed by atoms with Gasteiger partial charge in [0.05, 0.1) is 0 Å². The fourth-order valence-electron chi connectivity index (χ4n) is 0.470. The summed E-state index contributed by atoms with van der Waals surface area (Å²) in [4.78, 5) is 10.3. The topological polar surface area (TPSA) is 43.4 Å². The van der Waals surface area contributed by atoms with Gasteiger partial charge in [0.1, 0.15) is 0 Å². The lowest BCUT2D eigenvalue weighted by atomic mass is 10.4. The lowest BCUT2D eigenvalue weighted by Gasteiger charge is -1.74. The second-order valence-corrected chi connectivity index (χ2v) is 1.40. The Morgan fingerprint density at radius 3 is 1.80 bits per heavy atom. The molecule has 1 aromatic heterocycles. The minimum Gasteiger partial charge on any atom is -0.381 e. The van der Waals surface area contributed by atoms with Gasteiger partial charge in [-0.3, -0.25) is 0 Å². The Balaban J connectivity index is 3.43. The molecule has 3 nitrogen and oxygen atoms in total. The molecule has 0 atom stereocenters. The summed E-state index contributed by atoms with van der Waals surface area (Å²) in [6, 6.07) is 0. The zero-order valence-corrected chi connectivity index (χ0v) is 4.88. The summed E-state index contributed by atoms with van der Waals surface area (Å²) < 4.78 is 8.71. The van der Waals surface area contributed by atoms with Crippen molar-refractivity contribution < 1.29 is 8.83 Å². The Morgan fingerprint density at radius 2 is 1.50 bits per heavy atom. The fourth-order valence-corrected chi connectivity index (χ4v) is 0.470. The fraction of sp³-hybridized carbons (Fsp3) is 0. The van der Waals surface area contributed by atoms with Crippen LogP contribution in [0.2, 0.25) is 0 Å². The van der Waals surface area contributed by atoms with Gasteiger partial charge in [0.2, 0.25) is 11.5 Å². The molecule has 0 bridgehead atoms. The monoisotopic (exact) mass is 134 g/mol. The molecule has 1 heterocycles. The molecule has 0 aliphatic carbocycles. The molecule has 0 aliphatic rings. The quantitative estimate of drug-likeness (QED) is 0.476. The zero-order chi connectivity index (χ0) is 7.56. The molecule has 48 valence electrons. The molecule has 0 amide bonds. The van der Waals surface area contributed by atoms with Gasteiger partial charge >= 0.3 is 5.82 Å². The second kappa shape index (κ2) is 2.16. The standard InChI is InChI=1S/C7H2O3/c1-3-5-6(4-2)10-7(8)9-5/h1-2H. The van der Waals surface area contributed by atoms with E-state index in [0.29, 0.717) is 0 Å². The summed E-state index contributed by atoms with van der Waals surface area (Å²) in [5.74, 6) is 3.19. The van der Waals surface area contributed by atoms with E-state index >= 15 is 0 Å². The minimum atomic E-state index is -0.874. The van der Waals surface area contributed by atoms with Crippen molar-refractivity contribution in [1.82, 2.24) is 0 Å². The number of hydrogen-bond donors (Lipinski definition) is 0. The van der Waals surface area contributed by atoms with Crippen LogP contribution in [-0.4, -0.2) is 0 Å². The molecule has 0 radical (unpaired) electrons. The molecular weight excluding hydrogens is 132 g/mol. The average molecular weight is 134 g/mol. The summed E-state index contributed by atoms with van der Waals surface area (Å²) in [6.45, 7) is 0. The molecule has 0 aromatic carbocycles. The van der Waals surface area contributed by atoms with Gasteiger partial charge in [-0.15, -0.1) is 12.8 Å². The molecule has 1 aromatic rings. The van der Waals surface area contributed by atoms with Gasteiger partial charge in [0, 0.05) is 0 Å². The highest BCUT2D eigenvalue weighted by Crippen LogP contribution is 2.01. The van der Waals surface area contributed by atoms with Crippen molar-refractivity contribution in [3.8, 4) is 24.7 Å². The Labute approximate surface area is 56.7 Å². The van der Waals surface area contributed by atoms with E-state index in [4.69, 9.17) is 12.8 Å². The van der Waals surface area contributed by atoms with Gasteiger partial charge in [0.25, 0.3) is 0 Å². The van der Waals surface area contributed by atoms with Crippen LogP contribution in [0, 0.1) is 24.7 Å². The maximum absolute atomic E-state index is 10.3. The van der Waals surface area contributed by atoms with E-state index in [1.54, 1.807) is 0 Å². The third-order valence-corrected chi connectivity index (χ3v) is 0.839. The van der Waals surface area contributed by atoms with E-state index < -0.39 is 5.82 Å². The van der Waals surface area contributed by atoms with E-state index in [-0.39, 0.29) is 11.5 Å². The predicted molar refractivity (Wildman–Crippen MR) is 33.1 cm³/mol. The van der Waals surface area contributed by atoms with Gasteiger partial charge in [0.15, 0.2) is 0 Å². The van der Waals surface area contributed by atoms with Crippen LogP contribution in [0.3, 0.4) is 0 Å². The van der Waals surface area contributed by atoms with Crippen molar-refractivity contribution >= 4 is 0 Å². The number of hydrogen-bond acceptors (Lipinski definition) is 3. The Hall–Kier alpha value is -1.87. The third kappa shape index (κ3) is 0.808. The molecule has 0 aliphatic heterocycles. The van der Waals surface area contributed by atoms with Crippen molar-refractivity contribution in [2.45, 2.75) is 0 Å². The van der Waals surface area contributed by atoms with Crippen LogP contribution < -0.4 is 5.82 Å². The zero-order valence-electron chi connectivity index (χ0n) is 4.88. The molecule has 0 N–H and O–H groups in total.